The van der Waals surface area contributed by atoms with Crippen LogP contribution in [0.5, 0.6) is 5.75 Å². The van der Waals surface area contributed by atoms with Gasteiger partial charge in [-0.1, -0.05) is 20.8 Å². The maximum Gasteiger partial charge on any atom is 0.159 e. The van der Waals surface area contributed by atoms with Crippen LogP contribution in [-0.4, -0.2) is 12.1 Å². The second kappa shape index (κ2) is 5.88. The lowest BCUT2D eigenvalue weighted by Crippen LogP contribution is -1.95. The van der Waals surface area contributed by atoms with E-state index in [0.29, 0.717) is 5.92 Å². The molecule has 102 valence electrons. The highest BCUT2D eigenvalue weighted by Gasteiger charge is 2.12. The summed E-state index contributed by atoms with van der Waals surface area (Å²) < 4.78 is 6.27. The van der Waals surface area contributed by atoms with E-state index in [1.54, 1.807) is 18.4 Å². The lowest BCUT2D eigenvalue weighted by Gasteiger charge is -2.13. The molecule has 0 aliphatic heterocycles. The Kier molecular flexibility index (Phi) is 4.42. The molecular formula is C15H19NOS2. The van der Waals surface area contributed by atoms with Gasteiger partial charge < -0.3 is 9.72 Å². The minimum atomic E-state index is 0.432. The van der Waals surface area contributed by atoms with Gasteiger partial charge >= 0.3 is 0 Å². The van der Waals surface area contributed by atoms with Crippen molar-refractivity contribution in [2.75, 3.05) is 7.11 Å². The molecule has 2 rings (SSSR count). The number of ether oxygens (including phenoxy) is 1. The van der Waals surface area contributed by atoms with E-state index >= 15 is 0 Å². The summed E-state index contributed by atoms with van der Waals surface area (Å²) in [6, 6.07) is 6.34. The number of aromatic amines is 1. The third-order valence-corrected chi connectivity index (χ3v) is 4.56. The zero-order valence-corrected chi connectivity index (χ0v) is 13.4. The number of benzene rings is 1. The number of thiazole rings is 1. The van der Waals surface area contributed by atoms with E-state index < -0.39 is 0 Å². The molecule has 0 unspecified atom stereocenters. The van der Waals surface area contributed by atoms with Crippen LogP contribution >= 0.6 is 23.6 Å². The first-order valence-electron chi connectivity index (χ1n) is 6.47. The van der Waals surface area contributed by atoms with E-state index in [1.165, 1.54) is 16.0 Å². The molecule has 1 N–H and O–H groups in total. The van der Waals surface area contributed by atoms with Crippen LogP contribution in [-0.2, 0) is 6.42 Å². The molecule has 0 aliphatic rings. The fourth-order valence-electron chi connectivity index (χ4n) is 2.18. The average molecular weight is 293 g/mol. The van der Waals surface area contributed by atoms with E-state index in [0.717, 1.165) is 21.8 Å². The van der Waals surface area contributed by atoms with E-state index in [-0.39, 0.29) is 0 Å². The summed E-state index contributed by atoms with van der Waals surface area (Å²) in [7, 11) is 1.72. The van der Waals surface area contributed by atoms with Gasteiger partial charge in [0.25, 0.3) is 0 Å². The molecule has 2 aromatic rings. The number of aromatic nitrogens is 1. The molecule has 0 fully saturated rings. The Morgan fingerprint density at radius 1 is 1.37 bits per heavy atom. The highest BCUT2D eigenvalue weighted by Crippen LogP contribution is 2.33. The second-order valence-electron chi connectivity index (χ2n) is 4.78. The molecule has 1 aromatic heterocycles. The van der Waals surface area contributed by atoms with Crippen LogP contribution in [0.3, 0.4) is 0 Å². The van der Waals surface area contributed by atoms with Gasteiger partial charge in [-0.15, -0.1) is 11.3 Å². The van der Waals surface area contributed by atoms with Gasteiger partial charge in [-0.05, 0) is 53.9 Å². The van der Waals surface area contributed by atoms with Gasteiger partial charge in [0.2, 0.25) is 0 Å². The number of H-pyrrole nitrogens is 1. The molecule has 0 saturated carbocycles. The van der Waals surface area contributed by atoms with Gasteiger partial charge in [-0.2, -0.15) is 0 Å². The van der Waals surface area contributed by atoms with Crippen molar-refractivity contribution >= 4 is 23.6 Å². The van der Waals surface area contributed by atoms with Crippen LogP contribution in [0.15, 0.2) is 18.2 Å². The molecule has 0 spiro atoms. The van der Waals surface area contributed by atoms with Crippen LogP contribution in [0, 0.1) is 3.95 Å². The zero-order chi connectivity index (χ0) is 14.0. The lowest BCUT2D eigenvalue weighted by atomic mass is 9.98. The first-order chi connectivity index (χ1) is 9.06. The summed E-state index contributed by atoms with van der Waals surface area (Å²) in [5, 5.41) is 0. The summed E-state index contributed by atoms with van der Waals surface area (Å²) in [5.41, 5.74) is 3.57. The molecule has 0 saturated heterocycles. The molecule has 0 amide bonds. The summed E-state index contributed by atoms with van der Waals surface area (Å²) in [6.07, 6.45) is 0.996. The van der Waals surface area contributed by atoms with Gasteiger partial charge in [0.1, 0.15) is 5.75 Å². The predicted octanol–water partition coefficient (Wildman–Crippen LogP) is 5.17. The van der Waals surface area contributed by atoms with Gasteiger partial charge in [0.15, 0.2) is 3.95 Å². The van der Waals surface area contributed by atoms with Crippen molar-refractivity contribution in [3.8, 4) is 17.0 Å². The van der Waals surface area contributed by atoms with Crippen molar-refractivity contribution in [1.29, 1.82) is 0 Å². The molecule has 1 aromatic carbocycles. The van der Waals surface area contributed by atoms with Crippen molar-refractivity contribution < 1.29 is 4.74 Å². The second-order valence-corrected chi connectivity index (χ2v) is 6.55. The molecular weight excluding hydrogens is 274 g/mol. The van der Waals surface area contributed by atoms with E-state index in [9.17, 15) is 0 Å². The Morgan fingerprint density at radius 3 is 2.68 bits per heavy atom. The Labute approximate surface area is 123 Å². The molecule has 1 heterocycles. The number of hydrogen-bond donors (Lipinski definition) is 1. The molecule has 0 aliphatic carbocycles. The van der Waals surface area contributed by atoms with Crippen LogP contribution in [0.25, 0.3) is 11.3 Å². The highest BCUT2D eigenvalue weighted by molar-refractivity contribution is 7.73. The third kappa shape index (κ3) is 2.90. The van der Waals surface area contributed by atoms with Gasteiger partial charge in [-0.25, -0.2) is 0 Å². The SMILES string of the molecule is CCc1sc(=S)[nH]c1-c1ccc(OC)c(C(C)C)c1. The van der Waals surface area contributed by atoms with Crippen LogP contribution in [0.1, 0.15) is 37.1 Å². The maximum absolute atomic E-state index is 5.43. The first kappa shape index (κ1) is 14.3. The summed E-state index contributed by atoms with van der Waals surface area (Å²) in [4.78, 5) is 4.62. The lowest BCUT2D eigenvalue weighted by molar-refractivity contribution is 0.407. The summed E-state index contributed by atoms with van der Waals surface area (Å²) in [6.45, 7) is 6.52. The number of rotatable bonds is 4. The normalized spacial score (nSPS) is 11.0. The Hall–Kier alpha value is -1.13. The quantitative estimate of drug-likeness (QED) is 0.787. The van der Waals surface area contributed by atoms with Gasteiger partial charge in [-0.3, -0.25) is 0 Å². The minimum absolute atomic E-state index is 0.432. The van der Waals surface area contributed by atoms with Gasteiger partial charge in [0, 0.05) is 4.88 Å². The smallest absolute Gasteiger partial charge is 0.159 e. The van der Waals surface area contributed by atoms with Crippen molar-refractivity contribution in [3.63, 3.8) is 0 Å². The molecule has 0 atom stereocenters. The topological polar surface area (TPSA) is 25.0 Å². The third-order valence-electron chi connectivity index (χ3n) is 3.18. The van der Waals surface area contributed by atoms with Crippen molar-refractivity contribution in [2.24, 2.45) is 0 Å². The largest absolute Gasteiger partial charge is 0.496 e. The number of methoxy groups -OCH3 is 1. The maximum atomic E-state index is 5.43. The van der Waals surface area contributed by atoms with Crippen molar-refractivity contribution in [3.05, 3.63) is 32.6 Å². The minimum Gasteiger partial charge on any atom is -0.496 e. The fourth-order valence-corrected chi connectivity index (χ4v) is 3.38. The molecule has 19 heavy (non-hydrogen) atoms. The molecule has 4 heteroatoms. The van der Waals surface area contributed by atoms with E-state index in [2.05, 4.69) is 37.9 Å². The predicted molar refractivity (Wildman–Crippen MR) is 85.0 cm³/mol. The number of hydrogen-bond acceptors (Lipinski definition) is 3. The van der Waals surface area contributed by atoms with Crippen molar-refractivity contribution in [1.82, 2.24) is 4.98 Å². The fraction of sp³-hybridized carbons (Fsp3) is 0.400. The van der Waals surface area contributed by atoms with Gasteiger partial charge in [0.05, 0.1) is 12.8 Å². The molecule has 0 bridgehead atoms. The van der Waals surface area contributed by atoms with Crippen molar-refractivity contribution in [2.45, 2.75) is 33.1 Å². The number of nitrogens with one attached hydrogen (secondary N) is 1. The van der Waals surface area contributed by atoms with Crippen LogP contribution in [0.2, 0.25) is 0 Å². The Bertz CT molecular complexity index is 625. The molecule has 2 nitrogen and oxygen atoms in total. The zero-order valence-electron chi connectivity index (χ0n) is 11.7. The van der Waals surface area contributed by atoms with Crippen LogP contribution < -0.4 is 4.74 Å². The monoisotopic (exact) mass is 293 g/mol. The highest BCUT2D eigenvalue weighted by atomic mass is 32.1. The van der Waals surface area contributed by atoms with E-state index in [1.807, 2.05) is 6.07 Å². The molecule has 0 radical (unpaired) electrons. The summed E-state index contributed by atoms with van der Waals surface area (Å²) >= 11 is 6.92. The number of aryl methyl sites for hydroxylation is 1. The Morgan fingerprint density at radius 2 is 2.11 bits per heavy atom. The standard InChI is InChI=1S/C15H19NOS2/c1-5-13-14(16-15(18)19-13)10-6-7-12(17-4)11(8-10)9(2)3/h6-9H,5H2,1-4H3,(H,16,18). The average Bonchev–Trinajstić information content (AvgIpc) is 2.79. The van der Waals surface area contributed by atoms with Crippen LogP contribution in [0.4, 0.5) is 0 Å². The first-order valence-corrected chi connectivity index (χ1v) is 7.69. The Balaban J connectivity index is 2.56. The van der Waals surface area contributed by atoms with E-state index in [4.69, 9.17) is 17.0 Å². The summed E-state index contributed by atoms with van der Waals surface area (Å²) in [5.74, 6) is 1.38.